The van der Waals surface area contributed by atoms with Crippen LogP contribution < -0.4 is 10.9 Å². The summed E-state index contributed by atoms with van der Waals surface area (Å²) in [6, 6.07) is 25.2. The second-order valence-corrected chi connectivity index (χ2v) is 10.3. The maximum Gasteiger partial charge on any atom is 0.264 e. The number of benzene rings is 3. The Morgan fingerprint density at radius 1 is 0.892 bits per heavy atom. The van der Waals surface area contributed by atoms with Crippen LogP contribution in [0.4, 0.5) is 11.5 Å². The molecule has 37 heavy (non-hydrogen) atoms. The largest absolute Gasteiger partial charge is 0.338 e. The van der Waals surface area contributed by atoms with Crippen molar-refractivity contribution in [1.82, 2.24) is 24.1 Å². The summed E-state index contributed by atoms with van der Waals surface area (Å²) in [5.41, 5.74) is 2.18. The van der Waals surface area contributed by atoms with Crippen molar-refractivity contribution >= 4 is 32.6 Å². The lowest BCUT2D eigenvalue weighted by Gasteiger charge is -2.18. The minimum absolute atomic E-state index is 0.202. The molecule has 10 heteroatoms. The van der Waals surface area contributed by atoms with Crippen LogP contribution in [0.1, 0.15) is 13.8 Å². The Hall–Kier alpha value is -4.28. The van der Waals surface area contributed by atoms with Gasteiger partial charge in [0.25, 0.3) is 5.56 Å². The van der Waals surface area contributed by atoms with Crippen LogP contribution in [0.15, 0.2) is 94.6 Å². The van der Waals surface area contributed by atoms with E-state index in [4.69, 9.17) is 4.98 Å². The summed E-state index contributed by atoms with van der Waals surface area (Å²) in [7, 11) is -3.57. The molecule has 0 spiro atoms. The highest BCUT2D eigenvalue weighted by atomic mass is 32.2. The Balaban J connectivity index is 1.59. The van der Waals surface area contributed by atoms with Crippen LogP contribution in [0.2, 0.25) is 0 Å². The Kier molecular flexibility index (Phi) is 6.60. The number of para-hydroxylation sites is 1. The van der Waals surface area contributed by atoms with Crippen LogP contribution >= 0.6 is 0 Å². The van der Waals surface area contributed by atoms with E-state index in [1.165, 1.54) is 4.31 Å². The van der Waals surface area contributed by atoms with Gasteiger partial charge in [0.1, 0.15) is 11.2 Å². The van der Waals surface area contributed by atoms with Crippen molar-refractivity contribution in [3.63, 3.8) is 0 Å². The number of aromatic amines is 1. The SMILES string of the molecule is CCN(CC)S(=O)(=O)c1ccc(Nc2nn(-c3ccccc3)c3nc(-c4ccccc4)[nH]c(=O)c23)cc1. The van der Waals surface area contributed by atoms with Crippen molar-refractivity contribution in [3.8, 4) is 17.1 Å². The third-order valence-corrected chi connectivity index (χ3v) is 8.11. The quantitative estimate of drug-likeness (QED) is 0.314. The van der Waals surface area contributed by atoms with Gasteiger partial charge in [-0.15, -0.1) is 5.10 Å². The molecular formula is C27H26N6O3S. The van der Waals surface area contributed by atoms with E-state index in [1.54, 1.807) is 42.8 Å². The standard InChI is InChI=1S/C27H26N6O3S/c1-3-32(4-2)37(35,36)22-17-15-20(16-18-22)28-25-23-26(33(31-25)21-13-9-6-10-14-21)29-24(30-27(23)34)19-11-7-5-8-12-19/h5-18H,3-4H2,1-2H3,(H,28,31)(H,29,30,34). The Labute approximate surface area is 214 Å². The van der Waals surface area contributed by atoms with Gasteiger partial charge in [-0.25, -0.2) is 18.1 Å². The van der Waals surface area contributed by atoms with Gasteiger partial charge in [0.05, 0.1) is 10.6 Å². The Morgan fingerprint density at radius 2 is 1.51 bits per heavy atom. The molecule has 0 aliphatic rings. The maximum absolute atomic E-state index is 13.3. The van der Waals surface area contributed by atoms with E-state index < -0.39 is 10.0 Å². The zero-order chi connectivity index (χ0) is 26.0. The molecule has 0 aliphatic heterocycles. The summed E-state index contributed by atoms with van der Waals surface area (Å²) >= 11 is 0. The molecule has 2 N–H and O–H groups in total. The smallest absolute Gasteiger partial charge is 0.264 e. The van der Waals surface area contributed by atoms with E-state index in [-0.39, 0.29) is 10.5 Å². The third kappa shape index (κ3) is 4.64. The average Bonchev–Trinajstić information content (AvgIpc) is 3.29. The van der Waals surface area contributed by atoms with Crippen LogP contribution in [-0.2, 0) is 10.0 Å². The molecule has 2 aromatic heterocycles. The molecule has 0 atom stereocenters. The fraction of sp³-hybridized carbons (Fsp3) is 0.148. The molecule has 0 bridgehead atoms. The predicted octanol–water partition coefficient (Wildman–Crippen LogP) is 4.55. The molecule has 0 saturated heterocycles. The Morgan fingerprint density at radius 3 is 2.14 bits per heavy atom. The fourth-order valence-corrected chi connectivity index (χ4v) is 5.61. The van der Waals surface area contributed by atoms with Gasteiger partial charge in [-0.2, -0.15) is 4.31 Å². The van der Waals surface area contributed by atoms with Crippen LogP contribution in [0, 0.1) is 0 Å². The van der Waals surface area contributed by atoms with Gasteiger partial charge in [-0.05, 0) is 36.4 Å². The van der Waals surface area contributed by atoms with Crippen molar-refractivity contribution in [2.45, 2.75) is 18.7 Å². The summed E-state index contributed by atoms with van der Waals surface area (Å²) in [4.78, 5) is 21.1. The third-order valence-electron chi connectivity index (χ3n) is 6.05. The molecule has 5 aromatic rings. The summed E-state index contributed by atoms with van der Waals surface area (Å²) < 4.78 is 28.7. The van der Waals surface area contributed by atoms with Crippen LogP contribution in [-0.4, -0.2) is 45.6 Å². The number of nitrogens with zero attached hydrogens (tertiary/aromatic N) is 4. The zero-order valence-electron chi connectivity index (χ0n) is 20.4. The monoisotopic (exact) mass is 514 g/mol. The first-order chi connectivity index (χ1) is 17.9. The molecule has 3 aromatic carbocycles. The second kappa shape index (κ2) is 10.00. The molecule has 0 radical (unpaired) electrons. The summed E-state index contributed by atoms with van der Waals surface area (Å²) in [5.74, 6) is 0.749. The van der Waals surface area contributed by atoms with E-state index in [1.807, 2.05) is 60.7 Å². The van der Waals surface area contributed by atoms with Crippen molar-refractivity contribution in [3.05, 3.63) is 95.3 Å². The van der Waals surface area contributed by atoms with Gasteiger partial charge in [0.2, 0.25) is 10.0 Å². The first-order valence-corrected chi connectivity index (χ1v) is 13.4. The molecule has 0 amide bonds. The van der Waals surface area contributed by atoms with Gasteiger partial charge in [0, 0.05) is 24.3 Å². The van der Waals surface area contributed by atoms with E-state index in [0.29, 0.717) is 41.5 Å². The van der Waals surface area contributed by atoms with Gasteiger partial charge >= 0.3 is 0 Å². The minimum atomic E-state index is -3.57. The molecule has 5 rings (SSSR count). The normalized spacial score (nSPS) is 11.8. The van der Waals surface area contributed by atoms with E-state index in [2.05, 4.69) is 15.4 Å². The molecule has 9 nitrogen and oxygen atoms in total. The number of hydrogen-bond donors (Lipinski definition) is 2. The number of fused-ring (bicyclic) bond motifs is 1. The average molecular weight is 515 g/mol. The van der Waals surface area contributed by atoms with Crippen LogP contribution in [0.5, 0.6) is 0 Å². The summed E-state index contributed by atoms with van der Waals surface area (Å²) in [6.07, 6.45) is 0. The van der Waals surface area contributed by atoms with Crippen molar-refractivity contribution < 1.29 is 8.42 Å². The highest BCUT2D eigenvalue weighted by Gasteiger charge is 2.22. The maximum atomic E-state index is 13.3. The lowest BCUT2D eigenvalue weighted by Crippen LogP contribution is -2.30. The first kappa shape index (κ1) is 24.4. The van der Waals surface area contributed by atoms with Crippen molar-refractivity contribution in [2.24, 2.45) is 0 Å². The topological polar surface area (TPSA) is 113 Å². The van der Waals surface area contributed by atoms with E-state index in [0.717, 1.165) is 11.3 Å². The number of nitrogens with one attached hydrogen (secondary N) is 2. The highest BCUT2D eigenvalue weighted by Crippen LogP contribution is 2.27. The highest BCUT2D eigenvalue weighted by molar-refractivity contribution is 7.89. The second-order valence-electron chi connectivity index (χ2n) is 8.31. The van der Waals surface area contributed by atoms with Gasteiger partial charge < -0.3 is 10.3 Å². The number of hydrogen-bond acceptors (Lipinski definition) is 6. The summed E-state index contributed by atoms with van der Waals surface area (Å²) in [6.45, 7) is 4.39. The molecule has 0 fully saturated rings. The Bertz CT molecular complexity index is 1690. The molecule has 2 heterocycles. The molecular weight excluding hydrogens is 488 g/mol. The lowest BCUT2D eigenvalue weighted by atomic mass is 10.2. The fourth-order valence-electron chi connectivity index (χ4n) is 4.15. The van der Waals surface area contributed by atoms with E-state index in [9.17, 15) is 13.2 Å². The zero-order valence-corrected chi connectivity index (χ0v) is 21.2. The number of H-pyrrole nitrogens is 1. The predicted molar refractivity (Wildman–Crippen MR) is 145 cm³/mol. The number of aromatic nitrogens is 4. The number of rotatable bonds is 8. The summed E-state index contributed by atoms with van der Waals surface area (Å²) in [5, 5.41) is 8.14. The van der Waals surface area contributed by atoms with Gasteiger partial charge in [-0.3, -0.25) is 4.79 Å². The van der Waals surface area contributed by atoms with Crippen LogP contribution in [0.25, 0.3) is 28.1 Å². The van der Waals surface area contributed by atoms with Crippen molar-refractivity contribution in [1.29, 1.82) is 0 Å². The molecule has 0 aliphatic carbocycles. The first-order valence-electron chi connectivity index (χ1n) is 11.9. The molecule has 0 unspecified atom stereocenters. The van der Waals surface area contributed by atoms with Gasteiger partial charge in [-0.1, -0.05) is 62.4 Å². The number of sulfonamides is 1. The van der Waals surface area contributed by atoms with Crippen LogP contribution in [0.3, 0.4) is 0 Å². The minimum Gasteiger partial charge on any atom is -0.338 e. The molecule has 0 saturated carbocycles. The van der Waals surface area contributed by atoms with Crippen molar-refractivity contribution in [2.75, 3.05) is 18.4 Å². The molecule has 188 valence electrons. The number of anilines is 2. The lowest BCUT2D eigenvalue weighted by molar-refractivity contribution is 0.445. The van der Waals surface area contributed by atoms with Gasteiger partial charge in [0.15, 0.2) is 11.5 Å². The van der Waals surface area contributed by atoms with E-state index >= 15 is 0 Å².